The van der Waals surface area contributed by atoms with E-state index >= 15 is 0 Å². The molecule has 2 aromatic rings. The van der Waals surface area contributed by atoms with Gasteiger partial charge in [0.1, 0.15) is 11.5 Å². The average Bonchev–Trinajstić information content (AvgIpc) is 3.20. The maximum Gasteiger partial charge on any atom is 0.142 e. The topological polar surface area (TPSA) is 56.3 Å². The van der Waals surface area contributed by atoms with Crippen molar-refractivity contribution in [3.05, 3.63) is 35.7 Å². The summed E-state index contributed by atoms with van der Waals surface area (Å²) in [7, 11) is 0. The van der Waals surface area contributed by atoms with Crippen molar-refractivity contribution in [3.8, 4) is 0 Å². The van der Waals surface area contributed by atoms with Crippen LogP contribution < -0.4 is 0 Å². The molecule has 0 radical (unpaired) electrons. The van der Waals surface area contributed by atoms with Crippen molar-refractivity contribution in [2.24, 2.45) is 0 Å². The highest BCUT2D eigenvalue weighted by Gasteiger charge is 2.30. The van der Waals surface area contributed by atoms with Gasteiger partial charge in [-0.2, -0.15) is 0 Å². The Balaban J connectivity index is 1.54. The van der Waals surface area contributed by atoms with E-state index in [-0.39, 0.29) is 0 Å². The fourth-order valence-corrected chi connectivity index (χ4v) is 3.08. The van der Waals surface area contributed by atoms with E-state index in [0.29, 0.717) is 6.04 Å². The minimum atomic E-state index is 0.555. The van der Waals surface area contributed by atoms with Crippen LogP contribution in [0.3, 0.4) is 0 Å². The lowest BCUT2D eigenvalue weighted by molar-refractivity contribution is 0.131. The number of rotatable bonds is 3. The normalized spacial score (nSPS) is 23.1. The highest BCUT2D eigenvalue weighted by molar-refractivity contribution is 5.26. The first-order valence-electron chi connectivity index (χ1n) is 7.14. The van der Waals surface area contributed by atoms with Crippen LogP contribution in [0, 0.1) is 0 Å². The molecule has 106 valence electrons. The van der Waals surface area contributed by atoms with Gasteiger partial charge in [-0.05, 0) is 6.42 Å². The minimum absolute atomic E-state index is 0.555. The van der Waals surface area contributed by atoms with Gasteiger partial charge in [0.2, 0.25) is 0 Å². The maximum atomic E-state index is 5.51. The van der Waals surface area contributed by atoms with E-state index in [9.17, 15) is 0 Å². The minimum Gasteiger partial charge on any atom is -0.380 e. The Bertz CT molecular complexity index is 572. The lowest BCUT2D eigenvalue weighted by atomic mass is 10.0. The average molecular weight is 274 g/mol. The van der Waals surface area contributed by atoms with Crippen LogP contribution in [0.1, 0.15) is 23.4 Å². The van der Waals surface area contributed by atoms with E-state index in [1.807, 2.05) is 17.1 Å². The Morgan fingerprint density at radius 2 is 2.40 bits per heavy atom. The molecule has 6 heteroatoms. The molecule has 4 rings (SSSR count). The zero-order chi connectivity index (χ0) is 13.4. The standard InChI is InChI=1S/C14H18N4O2/c1-4-18(11-2-6-19-9-11)7-12-13(16-20-14(1)12)8-17-5-3-15-10-17/h3,5,10-11H,1-2,4,6-9H2/t11-/m0/s1. The predicted octanol–water partition coefficient (Wildman–Crippen LogP) is 1.07. The molecule has 0 saturated carbocycles. The van der Waals surface area contributed by atoms with Crippen LogP contribution in [0.5, 0.6) is 0 Å². The van der Waals surface area contributed by atoms with Crippen LogP contribution >= 0.6 is 0 Å². The molecule has 1 fully saturated rings. The van der Waals surface area contributed by atoms with Crippen molar-refractivity contribution in [3.63, 3.8) is 0 Å². The third-order valence-corrected chi connectivity index (χ3v) is 4.25. The summed E-state index contributed by atoms with van der Waals surface area (Å²) in [5, 5.41) is 4.25. The fraction of sp³-hybridized carbons (Fsp3) is 0.571. The van der Waals surface area contributed by atoms with Crippen molar-refractivity contribution in [2.75, 3.05) is 19.8 Å². The highest BCUT2D eigenvalue weighted by Crippen LogP contribution is 2.26. The largest absolute Gasteiger partial charge is 0.380 e. The number of hydrogen-bond donors (Lipinski definition) is 0. The summed E-state index contributed by atoms with van der Waals surface area (Å²) >= 11 is 0. The molecule has 0 aromatic carbocycles. The molecule has 0 N–H and O–H groups in total. The first-order chi connectivity index (χ1) is 9.90. The van der Waals surface area contributed by atoms with E-state index in [1.165, 1.54) is 5.56 Å². The lowest BCUT2D eigenvalue weighted by Crippen LogP contribution is -2.39. The highest BCUT2D eigenvalue weighted by atomic mass is 16.5. The SMILES string of the molecule is c1cn(Cc2noc3c2CN([C@H]2CCOC2)CC3)cn1. The molecule has 1 saturated heterocycles. The van der Waals surface area contributed by atoms with Gasteiger partial charge in [0, 0.05) is 50.1 Å². The molecule has 4 heterocycles. The third kappa shape index (κ3) is 2.14. The van der Waals surface area contributed by atoms with E-state index < -0.39 is 0 Å². The summed E-state index contributed by atoms with van der Waals surface area (Å²) in [4.78, 5) is 6.57. The fourth-order valence-electron chi connectivity index (χ4n) is 3.08. The zero-order valence-corrected chi connectivity index (χ0v) is 11.4. The van der Waals surface area contributed by atoms with Gasteiger partial charge in [-0.3, -0.25) is 4.90 Å². The number of fused-ring (bicyclic) bond motifs is 1. The summed E-state index contributed by atoms with van der Waals surface area (Å²) in [6.07, 6.45) is 7.63. The van der Waals surface area contributed by atoms with Crippen molar-refractivity contribution in [1.82, 2.24) is 19.6 Å². The molecule has 2 aromatic heterocycles. The van der Waals surface area contributed by atoms with Crippen LogP contribution in [0.15, 0.2) is 23.2 Å². The first-order valence-corrected chi connectivity index (χ1v) is 7.14. The molecular formula is C14H18N4O2. The van der Waals surface area contributed by atoms with Gasteiger partial charge in [0.05, 0.1) is 19.5 Å². The van der Waals surface area contributed by atoms with Gasteiger partial charge in [0.25, 0.3) is 0 Å². The molecule has 20 heavy (non-hydrogen) atoms. The van der Waals surface area contributed by atoms with E-state index in [2.05, 4.69) is 15.0 Å². The molecule has 0 aliphatic carbocycles. The van der Waals surface area contributed by atoms with Crippen molar-refractivity contribution < 1.29 is 9.26 Å². The number of ether oxygens (including phenoxy) is 1. The van der Waals surface area contributed by atoms with Crippen molar-refractivity contribution in [2.45, 2.75) is 32.0 Å². The number of aromatic nitrogens is 3. The molecular weight excluding hydrogens is 256 g/mol. The van der Waals surface area contributed by atoms with Crippen LogP contribution in [-0.4, -0.2) is 45.4 Å². The monoisotopic (exact) mass is 274 g/mol. The van der Waals surface area contributed by atoms with E-state index in [4.69, 9.17) is 9.26 Å². The second-order valence-corrected chi connectivity index (χ2v) is 5.50. The van der Waals surface area contributed by atoms with Gasteiger partial charge in [0.15, 0.2) is 0 Å². The molecule has 6 nitrogen and oxygen atoms in total. The molecule has 0 unspecified atom stereocenters. The predicted molar refractivity (Wildman–Crippen MR) is 71.2 cm³/mol. The second kappa shape index (κ2) is 5.03. The van der Waals surface area contributed by atoms with E-state index in [0.717, 1.165) is 57.1 Å². The third-order valence-electron chi connectivity index (χ3n) is 4.25. The van der Waals surface area contributed by atoms with Crippen LogP contribution in [-0.2, 0) is 24.2 Å². The van der Waals surface area contributed by atoms with Gasteiger partial charge >= 0.3 is 0 Å². The summed E-state index contributed by atoms with van der Waals surface area (Å²) < 4.78 is 13.0. The first kappa shape index (κ1) is 12.1. The molecule has 2 aliphatic rings. The zero-order valence-electron chi connectivity index (χ0n) is 11.4. The lowest BCUT2D eigenvalue weighted by Gasteiger charge is -2.30. The van der Waals surface area contributed by atoms with Gasteiger partial charge in [-0.25, -0.2) is 4.98 Å². The Morgan fingerprint density at radius 3 is 3.20 bits per heavy atom. The van der Waals surface area contributed by atoms with Gasteiger partial charge in [-0.1, -0.05) is 5.16 Å². The number of imidazole rings is 1. The van der Waals surface area contributed by atoms with Gasteiger partial charge < -0.3 is 13.8 Å². The second-order valence-electron chi connectivity index (χ2n) is 5.50. The molecule has 1 atom stereocenters. The Hall–Kier alpha value is -1.66. The Labute approximate surface area is 117 Å². The molecule has 0 amide bonds. The van der Waals surface area contributed by atoms with Crippen LogP contribution in [0.2, 0.25) is 0 Å². The maximum absolute atomic E-state index is 5.51. The summed E-state index contributed by atoms with van der Waals surface area (Å²) in [5.74, 6) is 1.05. The molecule has 0 bridgehead atoms. The van der Waals surface area contributed by atoms with Crippen molar-refractivity contribution >= 4 is 0 Å². The number of hydrogen-bond acceptors (Lipinski definition) is 5. The summed E-state index contributed by atoms with van der Waals surface area (Å²) in [6, 6.07) is 0.555. The molecule has 0 spiro atoms. The number of nitrogens with zero attached hydrogens (tertiary/aromatic N) is 4. The van der Waals surface area contributed by atoms with Gasteiger partial charge in [-0.15, -0.1) is 0 Å². The smallest absolute Gasteiger partial charge is 0.142 e. The quantitative estimate of drug-likeness (QED) is 0.838. The summed E-state index contributed by atoms with van der Waals surface area (Å²) in [6.45, 7) is 4.45. The Kier molecular flexibility index (Phi) is 3.05. The summed E-state index contributed by atoms with van der Waals surface area (Å²) in [5.41, 5.74) is 2.29. The van der Waals surface area contributed by atoms with Crippen LogP contribution in [0.4, 0.5) is 0 Å². The van der Waals surface area contributed by atoms with Crippen molar-refractivity contribution in [1.29, 1.82) is 0 Å². The molecule has 2 aliphatic heterocycles. The van der Waals surface area contributed by atoms with E-state index in [1.54, 1.807) is 6.20 Å². The van der Waals surface area contributed by atoms with Crippen LogP contribution in [0.25, 0.3) is 0 Å². The Morgan fingerprint density at radius 1 is 1.40 bits per heavy atom.